The van der Waals surface area contributed by atoms with Crippen molar-refractivity contribution < 1.29 is 25.2 Å². The lowest BCUT2D eigenvalue weighted by atomic mass is 9.89. The minimum Gasteiger partial charge on any atom is -0.394 e. The van der Waals surface area contributed by atoms with E-state index < -0.39 is 36.7 Å². The molecule has 0 aromatic heterocycles. The van der Waals surface area contributed by atoms with E-state index >= 15 is 0 Å². The van der Waals surface area contributed by atoms with Gasteiger partial charge in [0.15, 0.2) is 5.79 Å². The summed E-state index contributed by atoms with van der Waals surface area (Å²) < 4.78 is 5.04. The van der Waals surface area contributed by atoms with Gasteiger partial charge in [-0.3, -0.25) is 0 Å². The SMILES string of the molecule is CC[C@]1(O)O[C@H](CO)[C@@H](O)[C@H](O)[C@H]1N. The molecule has 5 atom stereocenters. The van der Waals surface area contributed by atoms with Gasteiger partial charge in [0.2, 0.25) is 0 Å². The van der Waals surface area contributed by atoms with Gasteiger partial charge in [-0.05, 0) is 0 Å². The van der Waals surface area contributed by atoms with Crippen molar-refractivity contribution in [1.82, 2.24) is 0 Å². The van der Waals surface area contributed by atoms with Gasteiger partial charge in [-0.2, -0.15) is 0 Å². The molecule has 0 bridgehead atoms. The third kappa shape index (κ3) is 1.77. The van der Waals surface area contributed by atoms with E-state index in [0.29, 0.717) is 0 Å². The van der Waals surface area contributed by atoms with E-state index in [-0.39, 0.29) is 6.42 Å². The Bertz CT molecular complexity index is 200. The maximum absolute atomic E-state index is 9.81. The van der Waals surface area contributed by atoms with Crippen LogP contribution < -0.4 is 5.73 Å². The van der Waals surface area contributed by atoms with Crippen molar-refractivity contribution in [3.05, 3.63) is 0 Å². The van der Waals surface area contributed by atoms with E-state index in [2.05, 4.69) is 0 Å². The molecule has 0 radical (unpaired) electrons. The van der Waals surface area contributed by atoms with Crippen LogP contribution in [0.4, 0.5) is 0 Å². The molecular weight excluding hydrogens is 190 g/mol. The highest BCUT2D eigenvalue weighted by Crippen LogP contribution is 2.28. The van der Waals surface area contributed by atoms with Gasteiger partial charge in [-0.15, -0.1) is 0 Å². The molecule has 6 nitrogen and oxygen atoms in total. The standard InChI is InChI=1S/C8H17NO5/c1-2-8(13)7(9)6(12)5(11)4(3-10)14-8/h4-7,10-13H,2-3,9H2,1H3/t4-,5-,6+,7-,8+/m1/s1. The van der Waals surface area contributed by atoms with Crippen molar-refractivity contribution in [2.45, 2.75) is 43.5 Å². The summed E-state index contributed by atoms with van der Waals surface area (Å²) >= 11 is 0. The van der Waals surface area contributed by atoms with Crippen molar-refractivity contribution in [3.8, 4) is 0 Å². The lowest BCUT2D eigenvalue weighted by Crippen LogP contribution is -2.68. The van der Waals surface area contributed by atoms with E-state index in [4.69, 9.17) is 15.6 Å². The summed E-state index contributed by atoms with van der Waals surface area (Å²) in [7, 11) is 0. The minimum atomic E-state index is -1.69. The fraction of sp³-hybridized carbons (Fsp3) is 1.00. The zero-order chi connectivity index (χ0) is 10.9. The quantitative estimate of drug-likeness (QED) is 0.342. The second kappa shape index (κ2) is 4.09. The predicted molar refractivity (Wildman–Crippen MR) is 47.2 cm³/mol. The average molecular weight is 207 g/mol. The fourth-order valence-corrected chi connectivity index (χ4v) is 1.57. The molecule has 0 aliphatic carbocycles. The molecule has 0 aromatic carbocycles. The van der Waals surface area contributed by atoms with Crippen molar-refractivity contribution in [1.29, 1.82) is 0 Å². The number of aliphatic hydroxyl groups excluding tert-OH is 3. The summed E-state index contributed by atoms with van der Waals surface area (Å²) in [5, 5.41) is 37.6. The van der Waals surface area contributed by atoms with Crippen molar-refractivity contribution in [2.24, 2.45) is 5.73 Å². The van der Waals surface area contributed by atoms with Crippen LogP contribution >= 0.6 is 0 Å². The second-order valence-corrected chi connectivity index (χ2v) is 3.54. The van der Waals surface area contributed by atoms with Gasteiger partial charge in [0.25, 0.3) is 0 Å². The summed E-state index contributed by atoms with van der Waals surface area (Å²) in [6.45, 7) is 1.16. The van der Waals surface area contributed by atoms with Crippen LogP contribution in [0.2, 0.25) is 0 Å². The van der Waals surface area contributed by atoms with E-state index in [0.717, 1.165) is 0 Å². The van der Waals surface area contributed by atoms with Crippen LogP contribution in [0.25, 0.3) is 0 Å². The van der Waals surface area contributed by atoms with Crippen LogP contribution in [0.5, 0.6) is 0 Å². The number of nitrogens with two attached hydrogens (primary N) is 1. The summed E-state index contributed by atoms with van der Waals surface area (Å²) in [5.74, 6) is -1.69. The zero-order valence-corrected chi connectivity index (χ0v) is 8.00. The van der Waals surface area contributed by atoms with Crippen LogP contribution in [0.3, 0.4) is 0 Å². The monoisotopic (exact) mass is 207 g/mol. The molecule has 1 rings (SSSR count). The smallest absolute Gasteiger partial charge is 0.183 e. The second-order valence-electron chi connectivity index (χ2n) is 3.54. The van der Waals surface area contributed by atoms with Gasteiger partial charge in [-0.1, -0.05) is 6.92 Å². The van der Waals surface area contributed by atoms with Crippen LogP contribution in [-0.2, 0) is 4.74 Å². The molecule has 1 heterocycles. The Hall–Kier alpha value is -0.240. The molecule has 14 heavy (non-hydrogen) atoms. The maximum atomic E-state index is 9.81. The topological polar surface area (TPSA) is 116 Å². The molecule has 1 aliphatic heterocycles. The lowest BCUT2D eigenvalue weighted by Gasteiger charge is -2.45. The highest BCUT2D eigenvalue weighted by molar-refractivity contribution is 4.97. The van der Waals surface area contributed by atoms with Crippen LogP contribution in [0.15, 0.2) is 0 Å². The first-order chi connectivity index (χ1) is 6.46. The Labute approximate surface area is 81.9 Å². The molecular formula is C8H17NO5. The van der Waals surface area contributed by atoms with Gasteiger partial charge < -0.3 is 30.9 Å². The number of hydrogen-bond donors (Lipinski definition) is 5. The van der Waals surface area contributed by atoms with E-state index in [9.17, 15) is 15.3 Å². The molecule has 0 unspecified atom stereocenters. The first-order valence-electron chi connectivity index (χ1n) is 4.59. The Kier molecular flexibility index (Phi) is 3.46. The molecule has 0 spiro atoms. The van der Waals surface area contributed by atoms with Crippen molar-refractivity contribution >= 4 is 0 Å². The first-order valence-corrected chi connectivity index (χ1v) is 4.59. The number of ether oxygens (including phenoxy) is 1. The fourth-order valence-electron chi connectivity index (χ4n) is 1.57. The third-order valence-corrected chi connectivity index (χ3v) is 2.66. The summed E-state index contributed by atoms with van der Waals surface area (Å²) in [4.78, 5) is 0. The molecule has 84 valence electrons. The number of aliphatic hydroxyl groups is 4. The minimum absolute atomic E-state index is 0.175. The van der Waals surface area contributed by atoms with Crippen LogP contribution in [0.1, 0.15) is 13.3 Å². The maximum Gasteiger partial charge on any atom is 0.183 e. The summed E-state index contributed by atoms with van der Waals surface area (Å²) in [6, 6.07) is -1.08. The molecule has 0 aromatic rings. The predicted octanol–water partition coefficient (Wildman–Crippen LogP) is -2.47. The van der Waals surface area contributed by atoms with Crippen LogP contribution in [0, 0.1) is 0 Å². The van der Waals surface area contributed by atoms with Gasteiger partial charge >= 0.3 is 0 Å². The zero-order valence-electron chi connectivity index (χ0n) is 8.00. The molecule has 1 saturated heterocycles. The highest BCUT2D eigenvalue weighted by atomic mass is 16.6. The average Bonchev–Trinajstić information content (AvgIpc) is 2.20. The molecule has 6 N–H and O–H groups in total. The van der Waals surface area contributed by atoms with Gasteiger partial charge in [0, 0.05) is 6.42 Å². The first kappa shape index (κ1) is 11.8. The number of hydrogen-bond acceptors (Lipinski definition) is 6. The van der Waals surface area contributed by atoms with E-state index in [1.165, 1.54) is 0 Å². The van der Waals surface area contributed by atoms with E-state index in [1.807, 2.05) is 0 Å². The molecule has 6 heteroatoms. The molecule has 0 amide bonds. The molecule has 0 saturated carbocycles. The van der Waals surface area contributed by atoms with Crippen LogP contribution in [-0.4, -0.2) is 57.2 Å². The normalized spacial score (nSPS) is 49.3. The Morgan fingerprint density at radius 2 is 1.93 bits per heavy atom. The Morgan fingerprint density at radius 3 is 2.36 bits per heavy atom. The third-order valence-electron chi connectivity index (χ3n) is 2.66. The van der Waals surface area contributed by atoms with Gasteiger partial charge in [-0.25, -0.2) is 0 Å². The lowest BCUT2D eigenvalue weighted by molar-refractivity contribution is -0.314. The largest absolute Gasteiger partial charge is 0.394 e. The summed E-state index contributed by atoms with van der Waals surface area (Å²) in [6.07, 6.45) is -3.41. The molecule has 1 aliphatic rings. The van der Waals surface area contributed by atoms with Crippen molar-refractivity contribution in [2.75, 3.05) is 6.61 Å². The number of rotatable bonds is 2. The summed E-state index contributed by atoms with van der Waals surface area (Å²) in [5.41, 5.74) is 5.51. The Morgan fingerprint density at radius 1 is 1.36 bits per heavy atom. The molecule has 1 fully saturated rings. The van der Waals surface area contributed by atoms with E-state index in [1.54, 1.807) is 6.92 Å². The van der Waals surface area contributed by atoms with Gasteiger partial charge in [0.05, 0.1) is 12.6 Å². The van der Waals surface area contributed by atoms with Crippen molar-refractivity contribution in [3.63, 3.8) is 0 Å². The highest BCUT2D eigenvalue weighted by Gasteiger charge is 2.50. The Balaban J connectivity index is 2.84. The van der Waals surface area contributed by atoms with Gasteiger partial charge in [0.1, 0.15) is 18.3 Å².